The summed E-state index contributed by atoms with van der Waals surface area (Å²) in [5.41, 5.74) is -0.899. The van der Waals surface area contributed by atoms with Gasteiger partial charge in [-0.2, -0.15) is 0 Å². The van der Waals surface area contributed by atoms with E-state index in [2.05, 4.69) is 0 Å². The van der Waals surface area contributed by atoms with Crippen molar-refractivity contribution >= 4 is 17.6 Å². The van der Waals surface area contributed by atoms with Crippen LogP contribution >= 0.6 is 0 Å². The second-order valence-corrected chi connectivity index (χ2v) is 4.76. The number of benzene rings is 1. The van der Waals surface area contributed by atoms with Crippen LogP contribution in [0.3, 0.4) is 0 Å². The highest BCUT2D eigenvalue weighted by atomic mass is 19.1. The summed E-state index contributed by atoms with van der Waals surface area (Å²) in [6, 6.07) is 4.69. The van der Waals surface area contributed by atoms with Gasteiger partial charge >= 0.3 is 5.69 Å². The molecule has 114 valence electrons. The molecule has 0 saturated heterocycles. The zero-order chi connectivity index (χ0) is 16.6. The van der Waals surface area contributed by atoms with E-state index in [0.717, 1.165) is 30.5 Å². The standard InChI is InChI=1S/C15H13FN2O4/c1-8-13(14(21)11-4-6-12(16)7-5-11)18(10(3)20)15(22)17(8)9(2)19/h4-7H,1-3H3. The van der Waals surface area contributed by atoms with E-state index in [-0.39, 0.29) is 17.0 Å². The SMILES string of the molecule is CC(=O)n1c(C)c(C(=O)c2ccc(F)cc2)n(C(C)=O)c1=O. The Balaban J connectivity index is 2.74. The summed E-state index contributed by atoms with van der Waals surface area (Å²) in [6.45, 7) is 3.68. The smallest absolute Gasteiger partial charge is 0.287 e. The van der Waals surface area contributed by atoms with E-state index < -0.39 is 29.1 Å². The molecule has 0 unspecified atom stereocenters. The first-order valence-electron chi connectivity index (χ1n) is 6.42. The number of halogens is 1. The molecular weight excluding hydrogens is 291 g/mol. The van der Waals surface area contributed by atoms with E-state index >= 15 is 0 Å². The summed E-state index contributed by atoms with van der Waals surface area (Å²) in [5, 5.41) is 0. The lowest BCUT2D eigenvalue weighted by Gasteiger charge is -2.04. The Morgan fingerprint density at radius 1 is 0.955 bits per heavy atom. The number of aromatic nitrogens is 2. The van der Waals surface area contributed by atoms with Gasteiger partial charge in [0.05, 0.1) is 5.69 Å². The minimum absolute atomic E-state index is 0.0713. The summed E-state index contributed by atoms with van der Waals surface area (Å²) in [4.78, 5) is 47.9. The van der Waals surface area contributed by atoms with Crippen molar-refractivity contribution in [1.29, 1.82) is 0 Å². The minimum Gasteiger partial charge on any atom is -0.287 e. The van der Waals surface area contributed by atoms with Crippen molar-refractivity contribution < 1.29 is 18.8 Å². The molecule has 1 heterocycles. The average Bonchev–Trinajstić information content (AvgIpc) is 2.70. The van der Waals surface area contributed by atoms with Gasteiger partial charge in [-0.25, -0.2) is 18.3 Å². The molecule has 1 aromatic heterocycles. The predicted molar refractivity (Wildman–Crippen MR) is 75.9 cm³/mol. The van der Waals surface area contributed by atoms with Crippen LogP contribution in [0.2, 0.25) is 0 Å². The fraction of sp³-hybridized carbons (Fsp3) is 0.200. The zero-order valence-corrected chi connectivity index (χ0v) is 12.2. The molecule has 1 aromatic carbocycles. The highest BCUT2D eigenvalue weighted by molar-refractivity contribution is 6.10. The fourth-order valence-electron chi connectivity index (χ4n) is 2.27. The lowest BCUT2D eigenvalue weighted by atomic mass is 10.1. The molecule has 0 amide bonds. The van der Waals surface area contributed by atoms with Crippen molar-refractivity contribution in [3.8, 4) is 0 Å². The Morgan fingerprint density at radius 2 is 1.45 bits per heavy atom. The molecule has 2 aromatic rings. The molecule has 0 fully saturated rings. The average molecular weight is 304 g/mol. The van der Waals surface area contributed by atoms with Gasteiger partial charge in [0, 0.05) is 19.4 Å². The van der Waals surface area contributed by atoms with Gasteiger partial charge in [-0.1, -0.05) is 0 Å². The van der Waals surface area contributed by atoms with Crippen LogP contribution in [0.15, 0.2) is 29.1 Å². The van der Waals surface area contributed by atoms with Gasteiger partial charge in [-0.3, -0.25) is 14.4 Å². The van der Waals surface area contributed by atoms with E-state index in [1.165, 1.54) is 19.1 Å². The molecule has 0 aliphatic carbocycles. The van der Waals surface area contributed by atoms with Crippen LogP contribution in [0.25, 0.3) is 0 Å². The van der Waals surface area contributed by atoms with Gasteiger partial charge in [-0.15, -0.1) is 0 Å². The van der Waals surface area contributed by atoms with Crippen LogP contribution in [0.5, 0.6) is 0 Å². The van der Waals surface area contributed by atoms with E-state index in [4.69, 9.17) is 0 Å². The number of hydrogen-bond acceptors (Lipinski definition) is 4. The third-order valence-electron chi connectivity index (χ3n) is 3.24. The molecular formula is C15H13FN2O4. The predicted octanol–water partition coefficient (Wildman–Crippen LogP) is 1.65. The molecule has 0 aliphatic heterocycles. The van der Waals surface area contributed by atoms with Gasteiger partial charge in [-0.05, 0) is 31.2 Å². The second-order valence-electron chi connectivity index (χ2n) is 4.76. The molecule has 2 rings (SSSR count). The Hall–Kier alpha value is -2.83. The summed E-state index contributed by atoms with van der Waals surface area (Å²) < 4.78 is 14.4. The second kappa shape index (κ2) is 5.51. The maximum atomic E-state index is 12.9. The van der Waals surface area contributed by atoms with Gasteiger partial charge in [0.2, 0.25) is 17.6 Å². The van der Waals surface area contributed by atoms with Crippen molar-refractivity contribution in [2.75, 3.05) is 0 Å². The van der Waals surface area contributed by atoms with Crippen LogP contribution in [-0.4, -0.2) is 26.7 Å². The largest absolute Gasteiger partial charge is 0.342 e. The van der Waals surface area contributed by atoms with E-state index in [9.17, 15) is 23.6 Å². The van der Waals surface area contributed by atoms with Crippen molar-refractivity contribution in [2.24, 2.45) is 0 Å². The summed E-state index contributed by atoms with van der Waals surface area (Å²) in [5.74, 6) is -2.43. The molecule has 7 heteroatoms. The van der Waals surface area contributed by atoms with Gasteiger partial charge in [0.25, 0.3) is 0 Å². The van der Waals surface area contributed by atoms with Crippen molar-refractivity contribution in [3.63, 3.8) is 0 Å². The molecule has 0 bridgehead atoms. The maximum absolute atomic E-state index is 12.9. The Morgan fingerprint density at radius 3 is 1.91 bits per heavy atom. The van der Waals surface area contributed by atoms with E-state index in [1.54, 1.807) is 0 Å². The quantitative estimate of drug-likeness (QED) is 0.790. The number of imidazole rings is 1. The van der Waals surface area contributed by atoms with E-state index in [1.807, 2.05) is 0 Å². The van der Waals surface area contributed by atoms with Gasteiger partial charge in [0.15, 0.2) is 0 Å². The lowest BCUT2D eigenvalue weighted by molar-refractivity contribution is 0.0905. The first kappa shape index (κ1) is 15.6. The maximum Gasteiger partial charge on any atom is 0.342 e. The Kier molecular flexibility index (Phi) is 3.90. The molecule has 0 atom stereocenters. The van der Waals surface area contributed by atoms with Gasteiger partial charge in [0.1, 0.15) is 11.5 Å². The highest BCUT2D eigenvalue weighted by Crippen LogP contribution is 2.14. The number of carbonyl (C=O) groups excluding carboxylic acids is 3. The molecule has 22 heavy (non-hydrogen) atoms. The zero-order valence-electron chi connectivity index (χ0n) is 12.2. The van der Waals surface area contributed by atoms with E-state index in [0.29, 0.717) is 4.57 Å². The number of ketones is 1. The molecule has 0 aliphatic rings. The summed E-state index contributed by atoms with van der Waals surface area (Å²) in [6.07, 6.45) is 0. The first-order chi connectivity index (χ1) is 10.3. The number of rotatable bonds is 2. The third-order valence-corrected chi connectivity index (χ3v) is 3.24. The minimum atomic E-state index is -0.886. The molecule has 0 saturated carbocycles. The van der Waals surface area contributed by atoms with Crippen LogP contribution < -0.4 is 5.69 Å². The fourth-order valence-corrected chi connectivity index (χ4v) is 2.27. The molecule has 6 nitrogen and oxygen atoms in total. The van der Waals surface area contributed by atoms with Crippen LogP contribution in [-0.2, 0) is 0 Å². The third kappa shape index (κ3) is 2.41. The Bertz CT molecular complexity index is 844. The lowest BCUT2D eigenvalue weighted by Crippen LogP contribution is -2.31. The van der Waals surface area contributed by atoms with Crippen molar-refractivity contribution in [1.82, 2.24) is 9.13 Å². The molecule has 0 N–H and O–H groups in total. The number of carbonyl (C=O) groups is 3. The molecule has 0 spiro atoms. The highest BCUT2D eigenvalue weighted by Gasteiger charge is 2.27. The summed E-state index contributed by atoms with van der Waals surface area (Å²) >= 11 is 0. The normalized spacial score (nSPS) is 10.5. The Labute approximate surface area is 124 Å². The molecule has 0 radical (unpaired) electrons. The van der Waals surface area contributed by atoms with Crippen LogP contribution in [0.4, 0.5) is 4.39 Å². The van der Waals surface area contributed by atoms with Gasteiger partial charge < -0.3 is 0 Å². The first-order valence-corrected chi connectivity index (χ1v) is 6.42. The van der Waals surface area contributed by atoms with Crippen LogP contribution in [0, 0.1) is 12.7 Å². The number of nitrogens with zero attached hydrogens (tertiary/aromatic N) is 2. The van der Waals surface area contributed by atoms with Crippen LogP contribution in [0.1, 0.15) is 45.2 Å². The summed E-state index contributed by atoms with van der Waals surface area (Å²) in [7, 11) is 0. The van der Waals surface area contributed by atoms with Crippen molar-refractivity contribution in [3.05, 3.63) is 57.5 Å². The number of hydrogen-bond donors (Lipinski definition) is 0. The topological polar surface area (TPSA) is 78.1 Å². The monoisotopic (exact) mass is 304 g/mol. The van der Waals surface area contributed by atoms with Crippen molar-refractivity contribution in [2.45, 2.75) is 20.8 Å².